The molecule has 7 heteroatoms. The number of aliphatic carboxylic acids is 1. The Morgan fingerprint density at radius 1 is 0.944 bits per heavy atom. The molecule has 36 heavy (non-hydrogen) atoms. The van der Waals surface area contributed by atoms with Gasteiger partial charge in [0.1, 0.15) is 5.82 Å². The molecule has 1 atom stereocenters. The van der Waals surface area contributed by atoms with Gasteiger partial charge < -0.3 is 10.0 Å². The quantitative estimate of drug-likeness (QED) is 0.291. The average molecular weight is 486 g/mol. The molecular weight excluding hydrogens is 457 g/mol. The van der Waals surface area contributed by atoms with E-state index >= 15 is 0 Å². The number of benzene rings is 3. The molecule has 184 valence electrons. The van der Waals surface area contributed by atoms with Crippen LogP contribution in [0.3, 0.4) is 0 Å². The number of halogens is 1. The van der Waals surface area contributed by atoms with Crippen LogP contribution in [-0.2, 0) is 11.2 Å². The van der Waals surface area contributed by atoms with E-state index in [9.17, 15) is 14.0 Å². The Morgan fingerprint density at radius 3 is 2.36 bits per heavy atom. The second kappa shape index (κ2) is 11.1. The van der Waals surface area contributed by atoms with E-state index in [1.54, 1.807) is 42.3 Å². The first kappa shape index (κ1) is 25.0. The van der Waals surface area contributed by atoms with Gasteiger partial charge in [-0.3, -0.25) is 9.59 Å². The second-order valence-electron chi connectivity index (χ2n) is 8.83. The first-order valence-electron chi connectivity index (χ1n) is 11.9. The molecule has 0 spiro atoms. The smallest absolute Gasteiger partial charge is 0.303 e. The van der Waals surface area contributed by atoms with Crippen LogP contribution in [-0.4, -0.2) is 38.9 Å². The number of aromatic nitrogens is 2. The van der Waals surface area contributed by atoms with Gasteiger partial charge in [-0.15, -0.1) is 0 Å². The fraction of sp³-hybridized carbons (Fsp3) is 0.241. The van der Waals surface area contributed by atoms with Crippen LogP contribution >= 0.6 is 0 Å². The van der Waals surface area contributed by atoms with Crippen LogP contribution in [0.15, 0.2) is 72.8 Å². The summed E-state index contributed by atoms with van der Waals surface area (Å²) in [6.07, 6.45) is 1.91. The third-order valence-electron chi connectivity index (χ3n) is 6.34. The van der Waals surface area contributed by atoms with Crippen molar-refractivity contribution in [3.8, 4) is 11.3 Å². The van der Waals surface area contributed by atoms with E-state index in [4.69, 9.17) is 15.1 Å². The third-order valence-corrected chi connectivity index (χ3v) is 6.34. The van der Waals surface area contributed by atoms with Crippen molar-refractivity contribution >= 4 is 22.9 Å². The average Bonchev–Trinajstić information content (AvgIpc) is 2.90. The molecule has 4 rings (SSSR count). The lowest BCUT2D eigenvalue weighted by molar-refractivity contribution is -0.137. The number of carbonyl (C=O) groups is 2. The molecule has 3 aromatic carbocycles. The van der Waals surface area contributed by atoms with E-state index in [2.05, 4.69) is 0 Å². The molecule has 0 saturated carbocycles. The molecule has 1 heterocycles. The summed E-state index contributed by atoms with van der Waals surface area (Å²) in [5, 5.41) is 8.96. The molecule has 0 aliphatic heterocycles. The normalized spacial score (nSPS) is 11.9. The van der Waals surface area contributed by atoms with E-state index < -0.39 is 5.97 Å². The summed E-state index contributed by atoms with van der Waals surface area (Å²) in [5.74, 6) is -1.31. The minimum Gasteiger partial charge on any atom is -0.481 e. The summed E-state index contributed by atoms with van der Waals surface area (Å²) < 4.78 is 13.3. The fourth-order valence-corrected chi connectivity index (χ4v) is 4.14. The summed E-state index contributed by atoms with van der Waals surface area (Å²) in [7, 11) is 1.72. The molecule has 0 saturated heterocycles. The van der Waals surface area contributed by atoms with Gasteiger partial charge in [-0.2, -0.15) is 0 Å². The maximum Gasteiger partial charge on any atom is 0.303 e. The molecule has 0 aliphatic carbocycles. The number of amides is 1. The number of carboxylic acid groups (broad SMARTS) is 1. The maximum atomic E-state index is 13.3. The molecule has 4 aromatic rings. The number of fused-ring (bicyclic) bond motifs is 1. The monoisotopic (exact) mass is 485 g/mol. The topological polar surface area (TPSA) is 83.4 Å². The number of aryl methyl sites for hydroxylation is 1. The summed E-state index contributed by atoms with van der Waals surface area (Å²) in [6.45, 7) is 1.90. The number of rotatable bonds is 9. The maximum absolute atomic E-state index is 13.3. The number of hydrogen-bond donors (Lipinski definition) is 1. The van der Waals surface area contributed by atoms with Gasteiger partial charge in [0.05, 0.1) is 28.5 Å². The number of nitrogens with zero attached hydrogens (tertiary/aromatic N) is 3. The summed E-state index contributed by atoms with van der Waals surface area (Å²) in [4.78, 5) is 35.5. The molecule has 0 bridgehead atoms. The van der Waals surface area contributed by atoms with Gasteiger partial charge in [0, 0.05) is 24.6 Å². The SMILES string of the molecule is C[C@@H](c1ccc(F)cc1)N(C)C(=O)c1ccc2nc(-c3ccccc3)c(CCCCC(=O)O)nc2c1. The molecule has 1 amide bonds. The highest BCUT2D eigenvalue weighted by Gasteiger charge is 2.20. The van der Waals surface area contributed by atoms with E-state index in [1.165, 1.54) is 12.1 Å². The molecular formula is C29H28FN3O3. The first-order valence-corrected chi connectivity index (χ1v) is 11.9. The van der Waals surface area contributed by atoms with E-state index in [-0.39, 0.29) is 24.2 Å². The van der Waals surface area contributed by atoms with Crippen molar-refractivity contribution < 1.29 is 19.1 Å². The Labute approximate surface area is 209 Å². The molecule has 1 N–H and O–H groups in total. The summed E-state index contributed by atoms with van der Waals surface area (Å²) >= 11 is 0. The fourth-order valence-electron chi connectivity index (χ4n) is 4.14. The predicted molar refractivity (Wildman–Crippen MR) is 137 cm³/mol. The highest BCUT2D eigenvalue weighted by atomic mass is 19.1. The number of hydrogen-bond acceptors (Lipinski definition) is 4. The molecule has 0 fully saturated rings. The first-order chi connectivity index (χ1) is 17.3. The van der Waals surface area contributed by atoms with Gasteiger partial charge in [0.25, 0.3) is 5.91 Å². The standard InChI is InChI=1S/C29H28FN3O3/c1-19(20-12-15-23(30)16-13-20)33(2)29(36)22-14-17-24-26(18-22)31-25(10-6-7-11-27(34)35)28(32-24)21-8-4-3-5-9-21/h3-5,8-9,12-19H,6-7,10-11H2,1-2H3,(H,34,35)/t19-/m0/s1. The van der Waals surface area contributed by atoms with Crippen molar-refractivity contribution in [2.24, 2.45) is 0 Å². The zero-order valence-corrected chi connectivity index (χ0v) is 20.3. The van der Waals surface area contributed by atoms with E-state index in [1.807, 2.05) is 37.3 Å². The minimum absolute atomic E-state index is 0.110. The van der Waals surface area contributed by atoms with E-state index in [0.717, 1.165) is 22.5 Å². The van der Waals surface area contributed by atoms with Crippen LogP contribution in [0.2, 0.25) is 0 Å². The van der Waals surface area contributed by atoms with Crippen LogP contribution in [0.25, 0.3) is 22.3 Å². The number of unbranched alkanes of at least 4 members (excludes halogenated alkanes) is 1. The third kappa shape index (κ3) is 5.74. The van der Waals surface area contributed by atoms with Gasteiger partial charge in [-0.05, 0) is 62.1 Å². The molecule has 0 radical (unpaired) electrons. The van der Waals surface area contributed by atoms with Crippen molar-refractivity contribution in [2.45, 2.75) is 38.6 Å². The lowest BCUT2D eigenvalue weighted by Gasteiger charge is -2.25. The highest BCUT2D eigenvalue weighted by Crippen LogP contribution is 2.27. The zero-order chi connectivity index (χ0) is 25.7. The van der Waals surface area contributed by atoms with Crippen molar-refractivity contribution in [1.82, 2.24) is 14.9 Å². The highest BCUT2D eigenvalue weighted by molar-refractivity contribution is 5.97. The largest absolute Gasteiger partial charge is 0.481 e. The molecule has 0 unspecified atom stereocenters. The van der Waals surface area contributed by atoms with Gasteiger partial charge in [0.15, 0.2) is 0 Å². The lowest BCUT2D eigenvalue weighted by atomic mass is 10.0. The summed E-state index contributed by atoms with van der Waals surface area (Å²) in [5.41, 5.74) is 5.08. The van der Waals surface area contributed by atoms with Crippen molar-refractivity contribution in [1.29, 1.82) is 0 Å². The van der Waals surface area contributed by atoms with Gasteiger partial charge in [0.2, 0.25) is 0 Å². The Kier molecular flexibility index (Phi) is 7.68. The Hall–Kier alpha value is -4.13. The van der Waals surface area contributed by atoms with Gasteiger partial charge >= 0.3 is 5.97 Å². The van der Waals surface area contributed by atoms with Crippen LogP contribution in [0.4, 0.5) is 4.39 Å². The zero-order valence-electron chi connectivity index (χ0n) is 20.3. The number of carbonyl (C=O) groups excluding carboxylic acids is 1. The van der Waals surface area contributed by atoms with Crippen LogP contribution in [0.5, 0.6) is 0 Å². The predicted octanol–water partition coefficient (Wildman–Crippen LogP) is 6.07. The van der Waals surface area contributed by atoms with Crippen LogP contribution in [0.1, 0.15) is 53.8 Å². The molecule has 1 aromatic heterocycles. The van der Waals surface area contributed by atoms with Crippen molar-refractivity contribution in [3.05, 3.63) is 95.4 Å². The lowest BCUT2D eigenvalue weighted by Crippen LogP contribution is -2.29. The second-order valence-corrected chi connectivity index (χ2v) is 8.83. The van der Waals surface area contributed by atoms with Crippen molar-refractivity contribution in [3.63, 3.8) is 0 Å². The van der Waals surface area contributed by atoms with Gasteiger partial charge in [-0.25, -0.2) is 14.4 Å². The van der Waals surface area contributed by atoms with Gasteiger partial charge in [-0.1, -0.05) is 42.5 Å². The van der Waals surface area contributed by atoms with Crippen molar-refractivity contribution in [2.75, 3.05) is 7.05 Å². The van der Waals surface area contributed by atoms with E-state index in [0.29, 0.717) is 35.9 Å². The number of carboxylic acids is 1. The molecule has 0 aliphatic rings. The van der Waals surface area contributed by atoms with Crippen LogP contribution in [0, 0.1) is 5.82 Å². The Morgan fingerprint density at radius 2 is 1.67 bits per heavy atom. The summed E-state index contributed by atoms with van der Waals surface area (Å²) in [6, 6.07) is 20.9. The Bertz CT molecular complexity index is 1370. The van der Waals surface area contributed by atoms with Crippen LogP contribution < -0.4 is 0 Å². The molecule has 6 nitrogen and oxygen atoms in total. The Balaban J connectivity index is 1.64. The minimum atomic E-state index is -0.815.